The number of imidazole rings is 1. The molecular weight excluding hydrogens is 212 g/mol. The van der Waals surface area contributed by atoms with E-state index in [0.717, 1.165) is 42.5 Å². The summed E-state index contributed by atoms with van der Waals surface area (Å²) in [5.74, 6) is 1.09. The van der Waals surface area contributed by atoms with Crippen molar-refractivity contribution in [2.75, 3.05) is 0 Å². The average Bonchev–Trinajstić information content (AvgIpc) is 2.91. The molecule has 1 heterocycles. The molecule has 0 spiro atoms. The summed E-state index contributed by atoms with van der Waals surface area (Å²) in [7, 11) is 0. The number of aliphatic hydroxyl groups excluding tert-OH is 1. The smallest absolute Gasteiger partial charge is 0.109 e. The Kier molecular flexibility index (Phi) is 2.63. The number of aromatic nitrogens is 2. The number of fused-ring (bicyclic) bond motifs is 1. The summed E-state index contributed by atoms with van der Waals surface area (Å²) in [6.07, 6.45) is 3.80. The monoisotopic (exact) mass is 230 g/mol. The van der Waals surface area contributed by atoms with Gasteiger partial charge in [-0.25, -0.2) is 4.98 Å². The fraction of sp³-hybridized carbons (Fsp3) is 0.500. The van der Waals surface area contributed by atoms with E-state index in [4.69, 9.17) is 0 Å². The van der Waals surface area contributed by atoms with Gasteiger partial charge in [-0.2, -0.15) is 0 Å². The summed E-state index contributed by atoms with van der Waals surface area (Å²) in [4.78, 5) is 4.66. The molecular formula is C14H18N2O. The van der Waals surface area contributed by atoms with E-state index in [2.05, 4.69) is 22.5 Å². The summed E-state index contributed by atoms with van der Waals surface area (Å²) >= 11 is 0. The highest BCUT2D eigenvalue weighted by Gasteiger charge is 2.29. The molecule has 1 aliphatic carbocycles. The van der Waals surface area contributed by atoms with E-state index in [1.165, 1.54) is 0 Å². The zero-order valence-electron chi connectivity index (χ0n) is 10.1. The molecule has 1 aromatic heterocycles. The highest BCUT2D eigenvalue weighted by molar-refractivity contribution is 5.76. The van der Waals surface area contributed by atoms with Crippen LogP contribution in [-0.4, -0.2) is 20.8 Å². The van der Waals surface area contributed by atoms with Gasteiger partial charge in [0.1, 0.15) is 5.82 Å². The van der Waals surface area contributed by atoms with Crippen molar-refractivity contribution in [1.29, 1.82) is 0 Å². The second kappa shape index (κ2) is 4.15. The normalized spacial score (nSPS) is 24.6. The maximum atomic E-state index is 10.1. The molecule has 0 amide bonds. The van der Waals surface area contributed by atoms with Gasteiger partial charge in [-0.1, -0.05) is 19.1 Å². The van der Waals surface area contributed by atoms with Gasteiger partial charge in [0.15, 0.2) is 0 Å². The molecule has 1 fully saturated rings. The first-order valence-electron chi connectivity index (χ1n) is 6.45. The summed E-state index contributed by atoms with van der Waals surface area (Å²) < 4.78 is 2.26. The fourth-order valence-corrected chi connectivity index (χ4v) is 2.94. The van der Waals surface area contributed by atoms with E-state index in [9.17, 15) is 5.11 Å². The van der Waals surface area contributed by atoms with Crippen molar-refractivity contribution in [3.63, 3.8) is 0 Å². The SMILES string of the molecule is CCc1nc2ccccc2n1C1CCCC1O. The van der Waals surface area contributed by atoms with Gasteiger partial charge in [-0.3, -0.25) is 0 Å². The predicted octanol–water partition coefficient (Wildman–Crippen LogP) is 2.68. The molecule has 3 heteroatoms. The van der Waals surface area contributed by atoms with Crippen LogP contribution in [0, 0.1) is 0 Å². The Morgan fingerprint density at radius 1 is 1.35 bits per heavy atom. The first-order valence-corrected chi connectivity index (χ1v) is 6.45. The van der Waals surface area contributed by atoms with Crippen molar-refractivity contribution in [1.82, 2.24) is 9.55 Å². The lowest BCUT2D eigenvalue weighted by Gasteiger charge is -2.19. The van der Waals surface area contributed by atoms with Crippen molar-refractivity contribution in [2.45, 2.75) is 44.8 Å². The van der Waals surface area contributed by atoms with E-state index in [-0.39, 0.29) is 12.1 Å². The largest absolute Gasteiger partial charge is 0.391 e. The highest BCUT2D eigenvalue weighted by Crippen LogP contribution is 2.34. The minimum atomic E-state index is -0.210. The minimum absolute atomic E-state index is 0.210. The molecule has 0 bridgehead atoms. The third kappa shape index (κ3) is 1.65. The van der Waals surface area contributed by atoms with Gasteiger partial charge in [0.2, 0.25) is 0 Å². The van der Waals surface area contributed by atoms with Crippen LogP contribution in [-0.2, 0) is 6.42 Å². The summed E-state index contributed by atoms with van der Waals surface area (Å²) in [6, 6.07) is 8.43. The molecule has 2 unspecified atom stereocenters. The lowest BCUT2D eigenvalue weighted by atomic mass is 10.2. The number of rotatable bonds is 2. The van der Waals surface area contributed by atoms with Gasteiger partial charge in [-0.15, -0.1) is 0 Å². The molecule has 0 saturated heterocycles. The quantitative estimate of drug-likeness (QED) is 0.861. The Hall–Kier alpha value is -1.35. The average molecular weight is 230 g/mol. The van der Waals surface area contributed by atoms with Crippen LogP contribution in [0.3, 0.4) is 0 Å². The highest BCUT2D eigenvalue weighted by atomic mass is 16.3. The van der Waals surface area contributed by atoms with Crippen molar-refractivity contribution in [3.8, 4) is 0 Å². The molecule has 3 rings (SSSR count). The van der Waals surface area contributed by atoms with E-state index >= 15 is 0 Å². The number of nitrogens with zero attached hydrogens (tertiary/aromatic N) is 2. The van der Waals surface area contributed by atoms with Crippen molar-refractivity contribution < 1.29 is 5.11 Å². The Balaban J connectivity index is 2.18. The number of aliphatic hydroxyl groups is 1. The number of benzene rings is 1. The maximum Gasteiger partial charge on any atom is 0.109 e. The Morgan fingerprint density at radius 3 is 2.88 bits per heavy atom. The molecule has 3 nitrogen and oxygen atoms in total. The Morgan fingerprint density at radius 2 is 2.18 bits per heavy atom. The minimum Gasteiger partial charge on any atom is -0.391 e. The second-order valence-corrected chi connectivity index (χ2v) is 4.81. The van der Waals surface area contributed by atoms with Crippen molar-refractivity contribution in [3.05, 3.63) is 30.1 Å². The molecule has 1 saturated carbocycles. The van der Waals surface area contributed by atoms with Crippen LogP contribution in [0.5, 0.6) is 0 Å². The first kappa shape index (κ1) is 10.8. The molecule has 0 aliphatic heterocycles. The first-order chi connectivity index (χ1) is 8.31. The standard InChI is InChI=1S/C14H18N2O/c1-2-14-15-10-6-3-4-7-11(10)16(14)12-8-5-9-13(12)17/h3-4,6-7,12-13,17H,2,5,8-9H2,1H3. The van der Waals surface area contributed by atoms with Crippen molar-refractivity contribution >= 4 is 11.0 Å². The zero-order valence-corrected chi connectivity index (χ0v) is 10.1. The van der Waals surface area contributed by atoms with Crippen LogP contribution in [0.4, 0.5) is 0 Å². The van der Waals surface area contributed by atoms with Gasteiger partial charge in [-0.05, 0) is 31.4 Å². The van der Waals surface area contributed by atoms with Crippen LogP contribution >= 0.6 is 0 Å². The van der Waals surface area contributed by atoms with Crippen LogP contribution < -0.4 is 0 Å². The summed E-state index contributed by atoms with van der Waals surface area (Å²) in [5.41, 5.74) is 2.21. The lowest BCUT2D eigenvalue weighted by molar-refractivity contribution is 0.137. The number of para-hydroxylation sites is 2. The molecule has 1 aliphatic rings. The van der Waals surface area contributed by atoms with Gasteiger partial charge in [0.25, 0.3) is 0 Å². The van der Waals surface area contributed by atoms with Crippen molar-refractivity contribution in [2.24, 2.45) is 0 Å². The van der Waals surface area contributed by atoms with Gasteiger partial charge < -0.3 is 9.67 Å². The lowest BCUT2D eigenvalue weighted by Crippen LogP contribution is -2.20. The molecule has 2 atom stereocenters. The molecule has 1 aromatic carbocycles. The third-order valence-electron chi connectivity index (χ3n) is 3.76. The van der Waals surface area contributed by atoms with E-state index < -0.39 is 0 Å². The van der Waals surface area contributed by atoms with Gasteiger partial charge in [0, 0.05) is 6.42 Å². The van der Waals surface area contributed by atoms with Gasteiger partial charge in [0.05, 0.1) is 23.2 Å². The molecule has 0 radical (unpaired) electrons. The molecule has 1 N–H and O–H groups in total. The molecule has 90 valence electrons. The Labute approximate surface area is 101 Å². The van der Waals surface area contributed by atoms with E-state index in [1.54, 1.807) is 0 Å². The summed E-state index contributed by atoms with van der Waals surface area (Å²) in [5, 5.41) is 10.1. The van der Waals surface area contributed by atoms with Gasteiger partial charge >= 0.3 is 0 Å². The number of hydrogen-bond acceptors (Lipinski definition) is 2. The predicted molar refractivity (Wildman–Crippen MR) is 68.0 cm³/mol. The maximum absolute atomic E-state index is 10.1. The molecule has 17 heavy (non-hydrogen) atoms. The zero-order chi connectivity index (χ0) is 11.8. The van der Waals surface area contributed by atoms with Crippen LogP contribution in [0.25, 0.3) is 11.0 Å². The molecule has 2 aromatic rings. The van der Waals surface area contributed by atoms with E-state index in [0.29, 0.717) is 0 Å². The topological polar surface area (TPSA) is 38.0 Å². The van der Waals surface area contributed by atoms with Crippen LogP contribution in [0.2, 0.25) is 0 Å². The fourth-order valence-electron chi connectivity index (χ4n) is 2.94. The van der Waals surface area contributed by atoms with Crippen LogP contribution in [0.15, 0.2) is 24.3 Å². The third-order valence-corrected chi connectivity index (χ3v) is 3.76. The van der Waals surface area contributed by atoms with Crippen LogP contribution in [0.1, 0.15) is 38.1 Å². The number of hydrogen-bond donors (Lipinski definition) is 1. The Bertz CT molecular complexity index is 532. The second-order valence-electron chi connectivity index (χ2n) is 4.81. The van der Waals surface area contributed by atoms with E-state index in [1.807, 2.05) is 18.2 Å². The number of aryl methyl sites for hydroxylation is 1. The summed E-state index contributed by atoms with van der Waals surface area (Å²) in [6.45, 7) is 2.12.